The second kappa shape index (κ2) is 2.84. The SMILES string of the molecule is Cc1[o+]c2ccccc2c(C)c1C. The second-order valence-electron chi connectivity index (χ2n) is 3.40. The maximum Gasteiger partial charge on any atom is 0.360 e. The number of fused-ring (bicyclic) bond motifs is 1. The fourth-order valence-corrected chi connectivity index (χ4v) is 1.57. The Kier molecular flexibility index (Phi) is 1.80. The third-order valence-electron chi connectivity index (χ3n) is 2.64. The van der Waals surface area contributed by atoms with E-state index in [0.717, 1.165) is 11.3 Å². The van der Waals surface area contributed by atoms with E-state index in [1.54, 1.807) is 0 Å². The molecule has 0 bridgehead atoms. The van der Waals surface area contributed by atoms with Crippen molar-refractivity contribution in [1.29, 1.82) is 0 Å². The lowest BCUT2D eigenvalue weighted by Crippen LogP contribution is -1.87. The van der Waals surface area contributed by atoms with Gasteiger partial charge in [0.1, 0.15) is 0 Å². The fourth-order valence-electron chi connectivity index (χ4n) is 1.57. The van der Waals surface area contributed by atoms with E-state index >= 15 is 0 Å². The number of para-hydroxylation sites is 1. The maximum absolute atomic E-state index is 5.67. The molecular weight excluding hydrogens is 160 g/mol. The molecule has 0 aliphatic carbocycles. The van der Waals surface area contributed by atoms with Gasteiger partial charge in [-0.05, 0) is 25.5 Å². The van der Waals surface area contributed by atoms with Crippen molar-refractivity contribution in [3.8, 4) is 0 Å². The van der Waals surface area contributed by atoms with Crippen LogP contribution in [0.1, 0.15) is 16.9 Å². The van der Waals surface area contributed by atoms with Crippen LogP contribution in [-0.4, -0.2) is 0 Å². The van der Waals surface area contributed by atoms with E-state index in [1.165, 1.54) is 16.5 Å². The van der Waals surface area contributed by atoms with Crippen molar-refractivity contribution < 1.29 is 4.42 Å². The van der Waals surface area contributed by atoms with Crippen LogP contribution in [0.25, 0.3) is 11.0 Å². The van der Waals surface area contributed by atoms with E-state index in [0.29, 0.717) is 0 Å². The molecule has 0 saturated heterocycles. The molecule has 0 unspecified atom stereocenters. The van der Waals surface area contributed by atoms with Crippen molar-refractivity contribution in [2.24, 2.45) is 0 Å². The van der Waals surface area contributed by atoms with Gasteiger partial charge in [0.25, 0.3) is 0 Å². The molecule has 0 aliphatic heterocycles. The van der Waals surface area contributed by atoms with Crippen molar-refractivity contribution in [3.05, 3.63) is 41.2 Å². The van der Waals surface area contributed by atoms with Crippen molar-refractivity contribution in [2.45, 2.75) is 20.8 Å². The van der Waals surface area contributed by atoms with Gasteiger partial charge in [-0.3, -0.25) is 0 Å². The quantitative estimate of drug-likeness (QED) is 0.553. The molecular formula is C12H13O+. The largest absolute Gasteiger partial charge is 0.360 e. The smallest absolute Gasteiger partial charge is 0.212 e. The monoisotopic (exact) mass is 173 g/mol. The number of hydrogen-bond acceptors (Lipinski definition) is 0. The van der Waals surface area contributed by atoms with E-state index in [2.05, 4.69) is 19.9 Å². The minimum Gasteiger partial charge on any atom is -0.212 e. The fraction of sp³-hybridized carbons (Fsp3) is 0.250. The van der Waals surface area contributed by atoms with Crippen molar-refractivity contribution in [1.82, 2.24) is 0 Å². The van der Waals surface area contributed by atoms with Gasteiger partial charge in [0.2, 0.25) is 0 Å². The molecule has 0 radical (unpaired) electrons. The van der Waals surface area contributed by atoms with Gasteiger partial charge in [0.15, 0.2) is 0 Å². The Labute approximate surface area is 78.0 Å². The van der Waals surface area contributed by atoms with Crippen molar-refractivity contribution >= 4 is 11.0 Å². The summed E-state index contributed by atoms with van der Waals surface area (Å²) in [6, 6.07) is 8.15. The average Bonchev–Trinajstić information content (AvgIpc) is 2.15. The summed E-state index contributed by atoms with van der Waals surface area (Å²) in [4.78, 5) is 0. The Hall–Kier alpha value is -1.37. The van der Waals surface area contributed by atoms with Crippen LogP contribution in [-0.2, 0) is 0 Å². The highest BCUT2D eigenvalue weighted by Gasteiger charge is 2.14. The van der Waals surface area contributed by atoms with Gasteiger partial charge in [-0.2, -0.15) is 0 Å². The first-order chi connectivity index (χ1) is 6.20. The van der Waals surface area contributed by atoms with Gasteiger partial charge in [-0.1, -0.05) is 12.1 Å². The van der Waals surface area contributed by atoms with Crippen LogP contribution >= 0.6 is 0 Å². The molecule has 1 aromatic heterocycles. The molecule has 13 heavy (non-hydrogen) atoms. The number of rotatable bonds is 0. The van der Waals surface area contributed by atoms with E-state index in [1.807, 2.05) is 25.1 Å². The van der Waals surface area contributed by atoms with Crippen LogP contribution in [0.4, 0.5) is 0 Å². The van der Waals surface area contributed by atoms with Crippen molar-refractivity contribution in [2.75, 3.05) is 0 Å². The van der Waals surface area contributed by atoms with Gasteiger partial charge in [0.05, 0.1) is 17.9 Å². The third kappa shape index (κ3) is 1.21. The Bertz CT molecular complexity index is 458. The number of hydrogen-bond donors (Lipinski definition) is 0. The van der Waals surface area contributed by atoms with E-state index in [-0.39, 0.29) is 0 Å². The summed E-state index contributed by atoms with van der Waals surface area (Å²) in [5, 5.41) is 1.21. The average molecular weight is 173 g/mol. The highest BCUT2D eigenvalue weighted by molar-refractivity contribution is 5.81. The molecule has 1 nitrogen and oxygen atoms in total. The van der Waals surface area contributed by atoms with Crippen LogP contribution in [0, 0.1) is 20.8 Å². The van der Waals surface area contributed by atoms with Gasteiger partial charge in [0, 0.05) is 6.07 Å². The van der Waals surface area contributed by atoms with E-state index in [9.17, 15) is 0 Å². The Morgan fingerprint density at radius 1 is 0.923 bits per heavy atom. The Balaban J connectivity index is 2.94. The van der Waals surface area contributed by atoms with Gasteiger partial charge < -0.3 is 0 Å². The number of benzene rings is 1. The first kappa shape index (κ1) is 8.24. The maximum atomic E-state index is 5.67. The zero-order valence-electron chi connectivity index (χ0n) is 8.22. The summed E-state index contributed by atoms with van der Waals surface area (Å²) >= 11 is 0. The minimum atomic E-state index is 0.975. The lowest BCUT2D eigenvalue weighted by atomic mass is 10.1. The normalized spacial score (nSPS) is 10.7. The lowest BCUT2D eigenvalue weighted by Gasteiger charge is -1.98. The molecule has 0 fully saturated rings. The number of aryl methyl sites for hydroxylation is 2. The molecule has 0 atom stereocenters. The van der Waals surface area contributed by atoms with Crippen LogP contribution in [0.15, 0.2) is 28.7 Å². The first-order valence-electron chi connectivity index (χ1n) is 4.49. The van der Waals surface area contributed by atoms with Crippen LogP contribution in [0.3, 0.4) is 0 Å². The van der Waals surface area contributed by atoms with Gasteiger partial charge >= 0.3 is 11.3 Å². The highest BCUT2D eigenvalue weighted by atomic mass is 16.3. The molecule has 0 saturated carbocycles. The van der Waals surface area contributed by atoms with E-state index in [4.69, 9.17) is 4.42 Å². The minimum absolute atomic E-state index is 0.975. The summed E-state index contributed by atoms with van der Waals surface area (Å²) in [7, 11) is 0. The molecule has 0 aliphatic rings. The summed E-state index contributed by atoms with van der Waals surface area (Å²) in [6.07, 6.45) is 0. The summed E-state index contributed by atoms with van der Waals surface area (Å²) < 4.78 is 5.67. The molecule has 2 aromatic rings. The molecule has 0 amide bonds. The predicted molar refractivity (Wildman–Crippen MR) is 54.8 cm³/mol. The van der Waals surface area contributed by atoms with Crippen molar-refractivity contribution in [3.63, 3.8) is 0 Å². The van der Waals surface area contributed by atoms with Gasteiger partial charge in [-0.25, -0.2) is 4.42 Å². The molecule has 0 spiro atoms. The zero-order valence-corrected chi connectivity index (χ0v) is 8.22. The summed E-state index contributed by atoms with van der Waals surface area (Å²) in [5.74, 6) is 1.01. The third-order valence-corrected chi connectivity index (χ3v) is 2.64. The van der Waals surface area contributed by atoms with E-state index < -0.39 is 0 Å². The highest BCUT2D eigenvalue weighted by Crippen LogP contribution is 2.23. The molecule has 1 heteroatoms. The Morgan fingerprint density at radius 2 is 1.62 bits per heavy atom. The zero-order chi connectivity index (χ0) is 9.42. The Morgan fingerprint density at radius 3 is 2.38 bits per heavy atom. The van der Waals surface area contributed by atoms with Crippen LogP contribution in [0.5, 0.6) is 0 Å². The molecule has 0 N–H and O–H groups in total. The molecule has 1 aromatic carbocycles. The predicted octanol–water partition coefficient (Wildman–Crippen LogP) is 3.64. The van der Waals surface area contributed by atoms with Crippen LogP contribution in [0.2, 0.25) is 0 Å². The first-order valence-corrected chi connectivity index (χ1v) is 4.49. The lowest BCUT2D eigenvalue weighted by molar-refractivity contribution is 0.559. The molecule has 66 valence electrons. The molecule has 1 heterocycles. The standard InChI is InChI=1S/C12H13O/c1-8-9(2)11-6-4-5-7-12(11)13-10(8)3/h4-7H,1-3H3/q+1. The van der Waals surface area contributed by atoms with Gasteiger partial charge in [-0.15, -0.1) is 0 Å². The summed E-state index contributed by atoms with van der Waals surface area (Å²) in [5.41, 5.74) is 3.54. The topological polar surface area (TPSA) is 11.3 Å². The molecule has 2 rings (SSSR count). The van der Waals surface area contributed by atoms with Crippen LogP contribution < -0.4 is 0 Å². The summed E-state index contributed by atoms with van der Waals surface area (Å²) in [6.45, 7) is 6.25. The second-order valence-corrected chi connectivity index (χ2v) is 3.40.